The zero-order valence-corrected chi connectivity index (χ0v) is 13.1. The van der Waals surface area contributed by atoms with Crippen molar-refractivity contribution >= 4 is 33.0 Å². The fraction of sp³-hybridized carbons (Fsp3) is 0.571. The molecule has 0 amide bonds. The van der Waals surface area contributed by atoms with E-state index in [-0.39, 0.29) is 5.41 Å². The minimum absolute atomic E-state index is 0.139. The normalized spacial score (nSPS) is 20.2. The Kier molecular flexibility index (Phi) is 3.71. The third kappa shape index (κ3) is 2.33. The Morgan fingerprint density at radius 2 is 2.10 bits per heavy atom. The number of hydrogen-bond donors (Lipinski definition) is 1. The van der Waals surface area contributed by atoms with Crippen LogP contribution < -0.4 is 0 Å². The van der Waals surface area contributed by atoms with Crippen molar-refractivity contribution in [2.24, 2.45) is 5.41 Å². The van der Waals surface area contributed by atoms with Crippen molar-refractivity contribution in [2.45, 2.75) is 32.8 Å². The minimum atomic E-state index is -0.501. The lowest BCUT2D eigenvalue weighted by Gasteiger charge is -2.37. The van der Waals surface area contributed by atoms with E-state index in [9.17, 15) is 5.11 Å². The molecule has 1 N–H and O–H groups in total. The molecular formula is C14H17ClN2O2S. The minimum Gasteiger partial charge on any atom is -0.387 e. The first-order chi connectivity index (χ1) is 9.51. The van der Waals surface area contributed by atoms with E-state index in [0.717, 1.165) is 33.5 Å². The Bertz CT molecular complexity index is 598. The Hall–Kier alpha value is -0.750. The van der Waals surface area contributed by atoms with Crippen LogP contribution in [0.4, 0.5) is 0 Å². The second kappa shape index (κ2) is 5.22. The zero-order chi connectivity index (χ0) is 14.3. The SMILES string of the molecule is Cc1nnc(Cl)c2cc(C(O)C3(C)CCOCC3)sc12. The Morgan fingerprint density at radius 3 is 2.75 bits per heavy atom. The zero-order valence-electron chi connectivity index (χ0n) is 11.5. The van der Waals surface area contributed by atoms with E-state index in [0.29, 0.717) is 18.4 Å². The van der Waals surface area contributed by atoms with Gasteiger partial charge in [-0.3, -0.25) is 0 Å². The summed E-state index contributed by atoms with van der Waals surface area (Å²) in [6.07, 6.45) is 1.23. The number of thiophene rings is 1. The second-order valence-corrected chi connectivity index (χ2v) is 7.08. The summed E-state index contributed by atoms with van der Waals surface area (Å²) in [7, 11) is 0. The van der Waals surface area contributed by atoms with Crippen molar-refractivity contribution < 1.29 is 9.84 Å². The highest BCUT2D eigenvalue weighted by atomic mass is 35.5. The number of aryl methyl sites for hydroxylation is 1. The molecule has 0 aliphatic carbocycles. The molecule has 1 atom stereocenters. The number of rotatable bonds is 2. The van der Waals surface area contributed by atoms with Crippen LogP contribution in [0.15, 0.2) is 6.07 Å². The Morgan fingerprint density at radius 1 is 1.40 bits per heavy atom. The van der Waals surface area contributed by atoms with Crippen molar-refractivity contribution in [3.05, 3.63) is 21.8 Å². The van der Waals surface area contributed by atoms with Gasteiger partial charge >= 0.3 is 0 Å². The summed E-state index contributed by atoms with van der Waals surface area (Å²) in [4.78, 5) is 0.934. The van der Waals surface area contributed by atoms with Gasteiger partial charge in [0.1, 0.15) is 0 Å². The van der Waals surface area contributed by atoms with Gasteiger partial charge in [-0.15, -0.1) is 16.4 Å². The number of aliphatic hydroxyl groups is 1. The van der Waals surface area contributed by atoms with Crippen molar-refractivity contribution in [2.75, 3.05) is 13.2 Å². The van der Waals surface area contributed by atoms with E-state index in [1.54, 1.807) is 11.3 Å². The molecule has 3 rings (SSSR count). The molecule has 3 heterocycles. The van der Waals surface area contributed by atoms with Gasteiger partial charge in [0.2, 0.25) is 0 Å². The number of halogens is 1. The summed E-state index contributed by atoms with van der Waals surface area (Å²) in [5.41, 5.74) is 0.713. The maximum absolute atomic E-state index is 10.8. The first-order valence-electron chi connectivity index (χ1n) is 6.69. The molecule has 1 aliphatic rings. The maximum atomic E-state index is 10.8. The predicted octanol–water partition coefficient (Wildman–Crippen LogP) is 3.50. The van der Waals surface area contributed by atoms with Gasteiger partial charge in [0.05, 0.1) is 16.5 Å². The van der Waals surface area contributed by atoms with Gasteiger partial charge in [-0.05, 0) is 25.8 Å². The van der Waals surface area contributed by atoms with Crippen molar-refractivity contribution in [3.8, 4) is 0 Å². The summed E-state index contributed by atoms with van der Waals surface area (Å²) >= 11 is 7.66. The van der Waals surface area contributed by atoms with Crippen molar-refractivity contribution in [3.63, 3.8) is 0 Å². The lowest BCUT2D eigenvalue weighted by Crippen LogP contribution is -2.32. The lowest BCUT2D eigenvalue weighted by molar-refractivity contribution is -0.0512. The summed E-state index contributed by atoms with van der Waals surface area (Å²) in [5.74, 6) is 0. The molecule has 1 unspecified atom stereocenters. The van der Waals surface area contributed by atoms with Gasteiger partial charge in [0, 0.05) is 28.9 Å². The second-order valence-electron chi connectivity index (χ2n) is 5.64. The molecule has 2 aromatic heterocycles. The summed E-state index contributed by atoms with van der Waals surface area (Å²) < 4.78 is 6.41. The van der Waals surface area contributed by atoms with Gasteiger partial charge in [0.25, 0.3) is 0 Å². The van der Waals surface area contributed by atoms with Gasteiger partial charge in [-0.2, -0.15) is 5.10 Å². The molecule has 1 fully saturated rings. The highest BCUT2D eigenvalue weighted by molar-refractivity contribution is 7.19. The van der Waals surface area contributed by atoms with Gasteiger partial charge in [-0.1, -0.05) is 18.5 Å². The monoisotopic (exact) mass is 312 g/mol. The fourth-order valence-corrected chi connectivity index (χ4v) is 4.15. The van der Waals surface area contributed by atoms with Crippen LogP contribution in [0.25, 0.3) is 10.1 Å². The molecular weight excluding hydrogens is 296 g/mol. The molecule has 2 aromatic rings. The van der Waals surface area contributed by atoms with Crippen LogP contribution in [0.5, 0.6) is 0 Å². The molecule has 20 heavy (non-hydrogen) atoms. The number of aromatic nitrogens is 2. The van der Waals surface area contributed by atoms with Crippen LogP contribution in [-0.2, 0) is 4.74 Å². The van der Waals surface area contributed by atoms with E-state index in [4.69, 9.17) is 16.3 Å². The Labute approximate surface area is 126 Å². The summed E-state index contributed by atoms with van der Waals surface area (Å²) in [5, 5.41) is 20.0. The largest absolute Gasteiger partial charge is 0.387 e. The van der Waals surface area contributed by atoms with E-state index in [2.05, 4.69) is 17.1 Å². The molecule has 0 saturated carbocycles. The standard InChI is InChI=1S/C14H17ClN2O2S/c1-8-11-9(13(15)17-16-8)7-10(20-11)12(18)14(2)3-5-19-6-4-14/h7,12,18H,3-6H2,1-2H3. The average molecular weight is 313 g/mol. The third-order valence-corrected chi connectivity index (χ3v) is 5.73. The molecule has 6 heteroatoms. The van der Waals surface area contributed by atoms with Crippen molar-refractivity contribution in [1.29, 1.82) is 0 Å². The fourth-order valence-electron chi connectivity index (χ4n) is 2.64. The average Bonchev–Trinajstić information content (AvgIpc) is 2.89. The van der Waals surface area contributed by atoms with E-state index in [1.807, 2.05) is 13.0 Å². The number of fused-ring (bicyclic) bond motifs is 1. The maximum Gasteiger partial charge on any atom is 0.160 e. The van der Waals surface area contributed by atoms with Crippen molar-refractivity contribution in [1.82, 2.24) is 10.2 Å². The first-order valence-corrected chi connectivity index (χ1v) is 7.89. The van der Waals surface area contributed by atoms with E-state index in [1.165, 1.54) is 0 Å². The van der Waals surface area contributed by atoms with Crippen LogP contribution in [0.2, 0.25) is 5.15 Å². The number of aliphatic hydroxyl groups excluding tert-OH is 1. The van der Waals surface area contributed by atoms with Crippen LogP contribution in [0.1, 0.15) is 36.4 Å². The van der Waals surface area contributed by atoms with E-state index >= 15 is 0 Å². The third-order valence-electron chi connectivity index (χ3n) is 4.15. The molecule has 108 valence electrons. The summed E-state index contributed by atoms with van der Waals surface area (Å²) in [6, 6.07) is 1.95. The van der Waals surface area contributed by atoms with Gasteiger partial charge in [0.15, 0.2) is 5.15 Å². The van der Waals surface area contributed by atoms with Gasteiger partial charge in [-0.25, -0.2) is 0 Å². The highest BCUT2D eigenvalue weighted by Crippen LogP contribution is 2.45. The van der Waals surface area contributed by atoms with Crippen LogP contribution in [-0.4, -0.2) is 28.5 Å². The summed E-state index contributed by atoms with van der Waals surface area (Å²) in [6.45, 7) is 5.45. The lowest BCUT2D eigenvalue weighted by atomic mass is 9.76. The highest BCUT2D eigenvalue weighted by Gasteiger charge is 2.36. The molecule has 0 spiro atoms. The molecule has 1 saturated heterocycles. The topological polar surface area (TPSA) is 55.2 Å². The predicted molar refractivity (Wildman–Crippen MR) is 80.3 cm³/mol. The van der Waals surface area contributed by atoms with Crippen LogP contribution >= 0.6 is 22.9 Å². The molecule has 4 nitrogen and oxygen atoms in total. The quantitative estimate of drug-likeness (QED) is 0.922. The molecule has 0 radical (unpaired) electrons. The Balaban J connectivity index is 2.01. The number of hydrogen-bond acceptors (Lipinski definition) is 5. The smallest absolute Gasteiger partial charge is 0.160 e. The number of nitrogens with zero attached hydrogens (tertiary/aromatic N) is 2. The molecule has 1 aliphatic heterocycles. The molecule has 0 aromatic carbocycles. The number of ether oxygens (including phenoxy) is 1. The first kappa shape index (κ1) is 14.2. The van der Waals surface area contributed by atoms with Crippen LogP contribution in [0, 0.1) is 12.3 Å². The van der Waals surface area contributed by atoms with Gasteiger partial charge < -0.3 is 9.84 Å². The molecule has 0 bridgehead atoms. The van der Waals surface area contributed by atoms with E-state index < -0.39 is 6.10 Å². The van der Waals surface area contributed by atoms with Crippen LogP contribution in [0.3, 0.4) is 0 Å².